The highest BCUT2D eigenvalue weighted by Gasteiger charge is 2.36. The van der Waals surface area contributed by atoms with E-state index in [0.29, 0.717) is 6.42 Å². The van der Waals surface area contributed by atoms with Crippen LogP contribution in [0, 0.1) is 6.92 Å². The van der Waals surface area contributed by atoms with E-state index in [9.17, 15) is 19.2 Å². The van der Waals surface area contributed by atoms with Crippen LogP contribution in [0.5, 0.6) is 0 Å². The number of amides is 3. The van der Waals surface area contributed by atoms with Gasteiger partial charge in [0.25, 0.3) is 5.91 Å². The van der Waals surface area contributed by atoms with Gasteiger partial charge in [0.15, 0.2) is 0 Å². The lowest BCUT2D eigenvalue weighted by atomic mass is 10.1. The standard InChI is InChI=1S/C27H31N3O5/c1-19-9-6-7-13-22(19)17-23(29-20(2)31)27(34)30-15-14-28-26(33)24(30)18-25(32)35-16-8-12-21-10-4-3-5-11-21/h3-7,9-11,13,17,24H,8,12,14-16,18H2,1-2H3,(H,28,33)(H,29,31)/b23-17-. The van der Waals surface area contributed by atoms with Gasteiger partial charge in [0.1, 0.15) is 11.7 Å². The van der Waals surface area contributed by atoms with Crippen molar-refractivity contribution >= 4 is 29.8 Å². The average Bonchev–Trinajstić information content (AvgIpc) is 2.84. The third-order valence-corrected chi connectivity index (χ3v) is 5.70. The molecule has 0 spiro atoms. The van der Waals surface area contributed by atoms with Crippen molar-refractivity contribution in [3.8, 4) is 0 Å². The number of rotatable bonds is 9. The minimum absolute atomic E-state index is 0.0442. The highest BCUT2D eigenvalue weighted by Crippen LogP contribution is 2.17. The predicted octanol–water partition coefficient (Wildman–Crippen LogP) is 2.37. The Hall–Kier alpha value is -3.94. The van der Waals surface area contributed by atoms with Gasteiger partial charge in [0.2, 0.25) is 11.8 Å². The molecule has 8 heteroatoms. The van der Waals surface area contributed by atoms with E-state index in [1.54, 1.807) is 6.08 Å². The lowest BCUT2D eigenvalue weighted by Gasteiger charge is -2.35. The van der Waals surface area contributed by atoms with Crippen LogP contribution in [0.4, 0.5) is 0 Å². The van der Waals surface area contributed by atoms with Crippen molar-refractivity contribution in [1.29, 1.82) is 0 Å². The van der Waals surface area contributed by atoms with Gasteiger partial charge in [-0.3, -0.25) is 19.2 Å². The second-order valence-electron chi connectivity index (χ2n) is 8.41. The van der Waals surface area contributed by atoms with Gasteiger partial charge in [0, 0.05) is 20.0 Å². The molecule has 2 aromatic rings. The maximum Gasteiger partial charge on any atom is 0.308 e. The minimum atomic E-state index is -1.02. The van der Waals surface area contributed by atoms with E-state index in [1.165, 1.54) is 11.8 Å². The maximum atomic E-state index is 13.4. The first-order valence-corrected chi connectivity index (χ1v) is 11.7. The molecule has 8 nitrogen and oxygen atoms in total. The molecule has 0 aromatic heterocycles. The Labute approximate surface area is 205 Å². The van der Waals surface area contributed by atoms with E-state index in [-0.39, 0.29) is 31.8 Å². The number of benzene rings is 2. The number of nitrogens with zero attached hydrogens (tertiary/aromatic N) is 1. The van der Waals surface area contributed by atoms with Crippen LogP contribution in [0.25, 0.3) is 6.08 Å². The van der Waals surface area contributed by atoms with Crippen molar-refractivity contribution in [2.75, 3.05) is 19.7 Å². The van der Waals surface area contributed by atoms with Gasteiger partial charge in [-0.25, -0.2) is 0 Å². The summed E-state index contributed by atoms with van der Waals surface area (Å²) in [5.74, 6) is -1.92. The molecule has 0 saturated carbocycles. The molecule has 1 fully saturated rings. The molecule has 2 N–H and O–H groups in total. The number of ether oxygens (including phenoxy) is 1. The zero-order valence-electron chi connectivity index (χ0n) is 20.1. The molecule has 3 amide bonds. The van der Waals surface area contributed by atoms with E-state index < -0.39 is 29.7 Å². The Morgan fingerprint density at radius 1 is 1.11 bits per heavy atom. The number of hydrogen-bond donors (Lipinski definition) is 2. The molecule has 0 radical (unpaired) electrons. The summed E-state index contributed by atoms with van der Waals surface area (Å²) in [6, 6.07) is 16.3. The van der Waals surface area contributed by atoms with Crippen molar-refractivity contribution in [1.82, 2.24) is 15.5 Å². The van der Waals surface area contributed by atoms with Crippen molar-refractivity contribution < 1.29 is 23.9 Å². The van der Waals surface area contributed by atoms with E-state index in [1.807, 2.05) is 61.5 Å². The number of carbonyl (C=O) groups excluding carboxylic acids is 4. The molecule has 1 heterocycles. The fourth-order valence-corrected chi connectivity index (χ4v) is 3.88. The molecule has 0 aliphatic carbocycles. The molecule has 3 rings (SSSR count). The predicted molar refractivity (Wildman–Crippen MR) is 132 cm³/mol. The van der Waals surface area contributed by atoms with Gasteiger partial charge >= 0.3 is 5.97 Å². The van der Waals surface area contributed by atoms with Crippen LogP contribution < -0.4 is 10.6 Å². The SMILES string of the molecule is CC(=O)N/C(=C\c1ccccc1C)C(=O)N1CCNC(=O)C1CC(=O)OCCCc1ccccc1. The molecule has 35 heavy (non-hydrogen) atoms. The van der Waals surface area contributed by atoms with E-state index in [2.05, 4.69) is 10.6 Å². The van der Waals surface area contributed by atoms with Crippen LogP contribution in [0.15, 0.2) is 60.3 Å². The molecule has 1 aliphatic rings. The first-order chi connectivity index (χ1) is 16.8. The summed E-state index contributed by atoms with van der Waals surface area (Å²) in [5.41, 5.74) is 2.89. The summed E-state index contributed by atoms with van der Waals surface area (Å²) in [6.07, 6.45) is 2.75. The Morgan fingerprint density at radius 3 is 2.54 bits per heavy atom. The number of carbonyl (C=O) groups is 4. The number of nitrogens with one attached hydrogen (secondary N) is 2. The topological polar surface area (TPSA) is 105 Å². The monoisotopic (exact) mass is 477 g/mol. The molecule has 2 aromatic carbocycles. The van der Waals surface area contributed by atoms with Crippen LogP contribution >= 0.6 is 0 Å². The third kappa shape index (κ3) is 7.53. The van der Waals surface area contributed by atoms with E-state index in [4.69, 9.17) is 4.74 Å². The molecular weight excluding hydrogens is 446 g/mol. The quantitative estimate of drug-likeness (QED) is 0.328. The molecule has 1 unspecified atom stereocenters. The van der Waals surface area contributed by atoms with E-state index in [0.717, 1.165) is 23.1 Å². The van der Waals surface area contributed by atoms with Gasteiger partial charge in [-0.05, 0) is 42.5 Å². The van der Waals surface area contributed by atoms with Crippen LogP contribution in [0.1, 0.15) is 36.5 Å². The lowest BCUT2D eigenvalue weighted by molar-refractivity contribution is -0.151. The molecular formula is C27H31N3O5. The Bertz CT molecular complexity index is 1100. The average molecular weight is 478 g/mol. The third-order valence-electron chi connectivity index (χ3n) is 5.70. The number of hydrogen-bond acceptors (Lipinski definition) is 5. The lowest BCUT2D eigenvalue weighted by Crippen LogP contribution is -2.58. The normalized spacial score (nSPS) is 15.8. The van der Waals surface area contributed by atoms with Crippen molar-refractivity contribution in [3.63, 3.8) is 0 Å². The Morgan fingerprint density at radius 2 is 1.83 bits per heavy atom. The molecule has 1 aliphatic heterocycles. The van der Waals surface area contributed by atoms with Gasteiger partial charge in [-0.1, -0.05) is 54.6 Å². The number of esters is 1. The fraction of sp³-hybridized carbons (Fsp3) is 0.333. The summed E-state index contributed by atoms with van der Waals surface area (Å²) in [4.78, 5) is 51.6. The van der Waals surface area contributed by atoms with Gasteiger partial charge in [0.05, 0.1) is 13.0 Å². The summed E-state index contributed by atoms with van der Waals surface area (Å²) in [5, 5.41) is 5.28. The summed E-state index contributed by atoms with van der Waals surface area (Å²) < 4.78 is 5.34. The summed E-state index contributed by atoms with van der Waals surface area (Å²) in [6.45, 7) is 3.89. The Kier molecular flexibility index (Phi) is 9.17. The van der Waals surface area contributed by atoms with Crippen LogP contribution in [0.2, 0.25) is 0 Å². The van der Waals surface area contributed by atoms with Crippen molar-refractivity contribution in [2.45, 2.75) is 39.2 Å². The van der Waals surface area contributed by atoms with Crippen molar-refractivity contribution in [2.24, 2.45) is 0 Å². The number of piperazine rings is 1. The smallest absolute Gasteiger partial charge is 0.308 e. The first kappa shape index (κ1) is 25.7. The molecule has 1 saturated heterocycles. The highest BCUT2D eigenvalue weighted by atomic mass is 16.5. The summed E-state index contributed by atoms with van der Waals surface area (Å²) in [7, 11) is 0. The summed E-state index contributed by atoms with van der Waals surface area (Å²) >= 11 is 0. The van der Waals surface area contributed by atoms with E-state index >= 15 is 0 Å². The maximum absolute atomic E-state index is 13.4. The van der Waals surface area contributed by atoms with Gasteiger partial charge in [-0.2, -0.15) is 0 Å². The van der Waals surface area contributed by atoms with Gasteiger partial charge in [-0.15, -0.1) is 0 Å². The van der Waals surface area contributed by atoms with Crippen LogP contribution in [0.3, 0.4) is 0 Å². The minimum Gasteiger partial charge on any atom is -0.466 e. The molecule has 1 atom stereocenters. The largest absolute Gasteiger partial charge is 0.466 e. The zero-order chi connectivity index (χ0) is 25.2. The first-order valence-electron chi connectivity index (χ1n) is 11.7. The Balaban J connectivity index is 1.67. The second-order valence-corrected chi connectivity index (χ2v) is 8.41. The van der Waals surface area contributed by atoms with Crippen LogP contribution in [-0.4, -0.2) is 54.3 Å². The highest BCUT2D eigenvalue weighted by molar-refractivity contribution is 6.03. The fourth-order valence-electron chi connectivity index (χ4n) is 3.88. The van der Waals surface area contributed by atoms with Gasteiger partial charge < -0.3 is 20.3 Å². The number of aryl methyl sites for hydroxylation is 2. The van der Waals surface area contributed by atoms with Crippen molar-refractivity contribution in [3.05, 3.63) is 77.0 Å². The second kappa shape index (κ2) is 12.5. The zero-order valence-corrected chi connectivity index (χ0v) is 20.1. The van der Waals surface area contributed by atoms with Crippen LogP contribution in [-0.2, 0) is 30.3 Å². The molecule has 184 valence electrons. The molecule has 0 bridgehead atoms.